The first-order valence-electron chi connectivity index (χ1n) is 10.1. The zero-order valence-electron chi connectivity index (χ0n) is 17.4. The Kier molecular flexibility index (Phi) is 6.76. The van der Waals surface area contributed by atoms with Crippen LogP contribution in [0.25, 0.3) is 0 Å². The predicted molar refractivity (Wildman–Crippen MR) is 118 cm³/mol. The van der Waals surface area contributed by atoms with Gasteiger partial charge in [-0.15, -0.1) is 0 Å². The molecule has 0 saturated carbocycles. The van der Waals surface area contributed by atoms with Crippen LogP contribution in [0.5, 0.6) is 23.0 Å². The van der Waals surface area contributed by atoms with Gasteiger partial charge in [0.2, 0.25) is 5.95 Å². The van der Waals surface area contributed by atoms with Gasteiger partial charge in [-0.1, -0.05) is 18.1 Å². The molecule has 1 N–H and O–H groups in total. The SMILES string of the molecule is CCCn1nnnc1NCc1cc(Br)c(OCc2ccc3c(c2)OCCO3)c(OC)c1. The maximum Gasteiger partial charge on any atom is 0.243 e. The summed E-state index contributed by atoms with van der Waals surface area (Å²) in [6.07, 6.45) is 0.953. The Morgan fingerprint density at radius 2 is 1.97 bits per heavy atom. The van der Waals surface area contributed by atoms with Crippen LogP contribution >= 0.6 is 15.9 Å². The van der Waals surface area contributed by atoms with Crippen LogP contribution in [0.3, 0.4) is 0 Å². The summed E-state index contributed by atoms with van der Waals surface area (Å²) in [6, 6.07) is 9.73. The second-order valence-corrected chi connectivity index (χ2v) is 7.81. The van der Waals surface area contributed by atoms with Crippen LogP contribution in [-0.4, -0.2) is 40.5 Å². The van der Waals surface area contributed by atoms with Crippen LogP contribution in [0.15, 0.2) is 34.8 Å². The largest absolute Gasteiger partial charge is 0.493 e. The molecule has 0 unspecified atom stereocenters. The fourth-order valence-electron chi connectivity index (χ4n) is 3.22. The maximum atomic E-state index is 6.07. The highest BCUT2D eigenvalue weighted by Gasteiger charge is 2.15. The van der Waals surface area contributed by atoms with Crippen LogP contribution in [0.4, 0.5) is 5.95 Å². The summed E-state index contributed by atoms with van der Waals surface area (Å²) >= 11 is 3.61. The Bertz CT molecular complexity index is 1040. The van der Waals surface area contributed by atoms with E-state index in [0.717, 1.165) is 40.1 Å². The Morgan fingerprint density at radius 3 is 2.77 bits per heavy atom. The minimum Gasteiger partial charge on any atom is -0.493 e. The van der Waals surface area contributed by atoms with Crippen molar-refractivity contribution >= 4 is 21.9 Å². The number of halogens is 1. The van der Waals surface area contributed by atoms with E-state index in [1.165, 1.54) is 0 Å². The molecule has 31 heavy (non-hydrogen) atoms. The van der Waals surface area contributed by atoms with Crippen LogP contribution in [0.2, 0.25) is 0 Å². The summed E-state index contributed by atoms with van der Waals surface area (Å²) in [5, 5.41) is 15.0. The molecular formula is C21H24BrN5O4. The molecule has 0 atom stereocenters. The highest BCUT2D eigenvalue weighted by atomic mass is 79.9. The number of hydrogen-bond donors (Lipinski definition) is 1. The fraction of sp³-hybridized carbons (Fsp3) is 0.381. The zero-order chi connectivity index (χ0) is 21.6. The highest BCUT2D eigenvalue weighted by molar-refractivity contribution is 9.10. The van der Waals surface area contributed by atoms with Crippen LogP contribution in [-0.2, 0) is 19.7 Å². The lowest BCUT2D eigenvalue weighted by Gasteiger charge is -2.19. The number of hydrogen-bond acceptors (Lipinski definition) is 8. The number of aryl methyl sites for hydroxylation is 1. The van der Waals surface area contributed by atoms with Crippen molar-refractivity contribution < 1.29 is 18.9 Å². The summed E-state index contributed by atoms with van der Waals surface area (Å²) in [5.74, 6) is 3.41. The van der Waals surface area contributed by atoms with Crippen molar-refractivity contribution in [3.05, 3.63) is 45.9 Å². The predicted octanol–water partition coefficient (Wildman–Crippen LogP) is 3.82. The first-order chi connectivity index (χ1) is 15.2. The second-order valence-electron chi connectivity index (χ2n) is 6.95. The van der Waals surface area contributed by atoms with Gasteiger partial charge in [-0.3, -0.25) is 0 Å². The van der Waals surface area contributed by atoms with Gasteiger partial charge >= 0.3 is 0 Å². The molecule has 10 heteroatoms. The van der Waals surface area contributed by atoms with E-state index in [-0.39, 0.29) is 0 Å². The third kappa shape index (κ3) is 5.01. The van der Waals surface area contributed by atoms with E-state index < -0.39 is 0 Å². The average Bonchev–Trinajstić information content (AvgIpc) is 3.23. The van der Waals surface area contributed by atoms with Crippen molar-refractivity contribution in [2.24, 2.45) is 0 Å². The number of fused-ring (bicyclic) bond motifs is 1. The van der Waals surface area contributed by atoms with Crippen molar-refractivity contribution in [3.8, 4) is 23.0 Å². The molecule has 4 rings (SSSR count). The molecule has 0 bridgehead atoms. The van der Waals surface area contributed by atoms with Gasteiger partial charge in [-0.05, 0) is 68.2 Å². The first-order valence-corrected chi connectivity index (χ1v) is 10.8. The Labute approximate surface area is 188 Å². The number of benzene rings is 2. The van der Waals surface area contributed by atoms with E-state index in [4.69, 9.17) is 18.9 Å². The molecule has 0 amide bonds. The zero-order valence-corrected chi connectivity index (χ0v) is 19.0. The van der Waals surface area contributed by atoms with Gasteiger partial charge in [0.15, 0.2) is 23.0 Å². The lowest BCUT2D eigenvalue weighted by atomic mass is 10.2. The van der Waals surface area contributed by atoms with E-state index in [0.29, 0.717) is 43.8 Å². The molecule has 1 aromatic heterocycles. The minimum absolute atomic E-state index is 0.370. The standard InChI is InChI=1S/C21H24BrN5O4/c1-3-6-27-21(24-25-26-27)23-12-15-9-16(22)20(19(11-15)28-2)31-13-14-4-5-17-18(10-14)30-8-7-29-17/h4-5,9-11H,3,6-8,12-13H2,1-2H3,(H,23,24,26). The van der Waals surface area contributed by atoms with Crippen LogP contribution in [0.1, 0.15) is 24.5 Å². The lowest BCUT2D eigenvalue weighted by Crippen LogP contribution is -2.15. The average molecular weight is 490 g/mol. The molecule has 164 valence electrons. The molecule has 2 aromatic carbocycles. The van der Waals surface area contributed by atoms with Gasteiger partial charge in [0.1, 0.15) is 19.8 Å². The molecule has 0 aliphatic carbocycles. The van der Waals surface area contributed by atoms with Crippen LogP contribution in [0, 0.1) is 0 Å². The minimum atomic E-state index is 0.370. The van der Waals surface area contributed by atoms with Crippen molar-refractivity contribution in [2.45, 2.75) is 33.0 Å². The summed E-state index contributed by atoms with van der Waals surface area (Å²) in [7, 11) is 1.62. The molecule has 3 aromatic rings. The van der Waals surface area contributed by atoms with E-state index in [1.807, 2.05) is 30.3 Å². The highest BCUT2D eigenvalue weighted by Crippen LogP contribution is 2.38. The monoisotopic (exact) mass is 489 g/mol. The molecule has 2 heterocycles. The van der Waals surface area contributed by atoms with Crippen molar-refractivity contribution in [3.63, 3.8) is 0 Å². The number of aromatic nitrogens is 4. The number of nitrogens with zero attached hydrogens (tertiary/aromatic N) is 4. The smallest absolute Gasteiger partial charge is 0.243 e. The topological polar surface area (TPSA) is 92.6 Å². The van der Waals surface area contributed by atoms with Gasteiger partial charge in [-0.25, -0.2) is 4.68 Å². The first kappa shape index (κ1) is 21.2. The molecule has 0 spiro atoms. The van der Waals surface area contributed by atoms with Crippen LogP contribution < -0.4 is 24.3 Å². The molecular weight excluding hydrogens is 466 g/mol. The second kappa shape index (κ2) is 9.86. The summed E-state index contributed by atoms with van der Waals surface area (Å²) in [6.45, 7) is 4.88. The third-order valence-corrected chi connectivity index (χ3v) is 5.29. The van der Waals surface area contributed by atoms with E-state index >= 15 is 0 Å². The number of ether oxygens (including phenoxy) is 4. The van der Waals surface area contributed by atoms with Gasteiger partial charge in [0.05, 0.1) is 11.6 Å². The molecule has 0 radical (unpaired) electrons. The van der Waals surface area contributed by atoms with Gasteiger partial charge < -0.3 is 24.3 Å². The number of methoxy groups -OCH3 is 1. The molecule has 0 saturated heterocycles. The third-order valence-electron chi connectivity index (χ3n) is 4.70. The molecule has 1 aliphatic rings. The maximum absolute atomic E-state index is 6.07. The van der Waals surface area contributed by atoms with E-state index in [1.54, 1.807) is 11.8 Å². The lowest BCUT2D eigenvalue weighted by molar-refractivity contribution is 0.171. The van der Waals surface area contributed by atoms with E-state index in [2.05, 4.69) is 43.7 Å². The fourth-order valence-corrected chi connectivity index (χ4v) is 3.83. The summed E-state index contributed by atoms with van der Waals surface area (Å²) in [5.41, 5.74) is 1.98. The van der Waals surface area contributed by atoms with Crippen molar-refractivity contribution in [2.75, 3.05) is 25.6 Å². The molecule has 1 aliphatic heterocycles. The number of tetrazole rings is 1. The summed E-state index contributed by atoms with van der Waals surface area (Å²) in [4.78, 5) is 0. The van der Waals surface area contributed by atoms with Crippen molar-refractivity contribution in [1.29, 1.82) is 0 Å². The normalized spacial score (nSPS) is 12.5. The Morgan fingerprint density at radius 1 is 1.13 bits per heavy atom. The number of anilines is 1. The number of rotatable bonds is 9. The van der Waals surface area contributed by atoms with Gasteiger partial charge in [0.25, 0.3) is 0 Å². The van der Waals surface area contributed by atoms with Gasteiger partial charge in [0, 0.05) is 13.1 Å². The molecule has 0 fully saturated rings. The Balaban J connectivity index is 1.44. The van der Waals surface area contributed by atoms with Crippen molar-refractivity contribution in [1.82, 2.24) is 20.2 Å². The number of nitrogens with one attached hydrogen (secondary N) is 1. The quantitative estimate of drug-likeness (QED) is 0.484. The molecule has 9 nitrogen and oxygen atoms in total. The Hall–Kier alpha value is -3.01. The van der Waals surface area contributed by atoms with Gasteiger partial charge in [-0.2, -0.15) is 0 Å². The summed E-state index contributed by atoms with van der Waals surface area (Å²) < 4.78 is 25.4. The van der Waals surface area contributed by atoms with E-state index in [9.17, 15) is 0 Å².